The second-order valence-electron chi connectivity index (χ2n) is 3.75. The Morgan fingerprint density at radius 2 is 1.62 bits per heavy atom. The molecule has 0 saturated carbocycles. The molecule has 0 fully saturated rings. The van der Waals surface area contributed by atoms with Crippen molar-refractivity contribution >= 4 is 11.8 Å². The van der Waals surface area contributed by atoms with Crippen molar-refractivity contribution in [2.24, 2.45) is 0 Å². The predicted molar refractivity (Wildman–Crippen MR) is 64.1 cm³/mol. The Labute approximate surface area is 97.6 Å². The molecule has 0 aliphatic heterocycles. The lowest BCUT2D eigenvalue weighted by atomic mass is 10.2. The highest BCUT2D eigenvalue weighted by Gasteiger charge is 2.21. The molecule has 0 radical (unpaired) electrons. The molecule has 5 heteroatoms. The molecule has 5 nitrogen and oxygen atoms in total. The molecule has 16 heavy (non-hydrogen) atoms. The Bertz CT molecular complexity index is 239. The fourth-order valence-corrected chi connectivity index (χ4v) is 1.34. The van der Waals surface area contributed by atoms with Crippen LogP contribution in [-0.4, -0.2) is 48.9 Å². The number of likely N-dealkylation sites (N-methyl/N-ethyl adjacent to an activating group) is 2. The first-order valence-corrected chi connectivity index (χ1v) is 5.74. The zero-order valence-electron chi connectivity index (χ0n) is 10.8. The van der Waals surface area contributed by atoms with Gasteiger partial charge in [-0.25, -0.2) is 0 Å². The minimum Gasteiger partial charge on any atom is -0.343 e. The molecular formula is C11H23N3O2. The highest BCUT2D eigenvalue weighted by atomic mass is 16.2. The Kier molecular flexibility index (Phi) is 6.72. The van der Waals surface area contributed by atoms with E-state index in [4.69, 9.17) is 0 Å². The average molecular weight is 229 g/mol. The van der Waals surface area contributed by atoms with Crippen LogP contribution in [-0.2, 0) is 9.59 Å². The van der Waals surface area contributed by atoms with E-state index in [1.54, 1.807) is 25.8 Å². The van der Waals surface area contributed by atoms with Crippen LogP contribution in [0.15, 0.2) is 0 Å². The van der Waals surface area contributed by atoms with Gasteiger partial charge in [0.25, 0.3) is 0 Å². The SMILES string of the molecule is CCN(CC)C(=O)C(C)NC(=O)C(C)NC. The molecule has 94 valence electrons. The summed E-state index contributed by atoms with van der Waals surface area (Å²) in [6.07, 6.45) is 0. The van der Waals surface area contributed by atoms with E-state index >= 15 is 0 Å². The number of amides is 2. The molecule has 0 aromatic heterocycles. The van der Waals surface area contributed by atoms with Crippen LogP contribution in [0.1, 0.15) is 27.7 Å². The number of carbonyl (C=O) groups is 2. The van der Waals surface area contributed by atoms with Gasteiger partial charge in [-0.1, -0.05) is 0 Å². The van der Waals surface area contributed by atoms with Crippen molar-refractivity contribution in [1.29, 1.82) is 0 Å². The van der Waals surface area contributed by atoms with Gasteiger partial charge in [0.1, 0.15) is 6.04 Å². The molecule has 2 unspecified atom stereocenters. The molecule has 0 spiro atoms. The summed E-state index contributed by atoms with van der Waals surface area (Å²) < 4.78 is 0. The fourth-order valence-electron chi connectivity index (χ4n) is 1.34. The van der Waals surface area contributed by atoms with Crippen LogP contribution >= 0.6 is 0 Å². The Hall–Kier alpha value is -1.10. The molecule has 0 heterocycles. The summed E-state index contributed by atoms with van der Waals surface area (Å²) in [5.41, 5.74) is 0. The van der Waals surface area contributed by atoms with Gasteiger partial charge in [-0.05, 0) is 34.7 Å². The van der Waals surface area contributed by atoms with Gasteiger partial charge in [0, 0.05) is 13.1 Å². The lowest BCUT2D eigenvalue weighted by molar-refractivity contribution is -0.136. The van der Waals surface area contributed by atoms with E-state index in [-0.39, 0.29) is 17.9 Å². The smallest absolute Gasteiger partial charge is 0.244 e. The van der Waals surface area contributed by atoms with E-state index in [0.29, 0.717) is 13.1 Å². The van der Waals surface area contributed by atoms with Crippen LogP contribution in [0.4, 0.5) is 0 Å². The Morgan fingerprint density at radius 3 is 2.00 bits per heavy atom. The molecule has 2 amide bonds. The maximum Gasteiger partial charge on any atom is 0.244 e. The molecule has 0 rings (SSSR count). The molecule has 2 N–H and O–H groups in total. The van der Waals surface area contributed by atoms with Gasteiger partial charge in [0.15, 0.2) is 0 Å². The highest BCUT2D eigenvalue weighted by Crippen LogP contribution is 1.95. The number of rotatable bonds is 6. The summed E-state index contributed by atoms with van der Waals surface area (Å²) in [4.78, 5) is 25.1. The van der Waals surface area contributed by atoms with Crippen molar-refractivity contribution in [1.82, 2.24) is 15.5 Å². The fraction of sp³-hybridized carbons (Fsp3) is 0.818. The van der Waals surface area contributed by atoms with Crippen molar-refractivity contribution in [3.63, 3.8) is 0 Å². The lowest BCUT2D eigenvalue weighted by Crippen LogP contribution is -2.51. The standard InChI is InChI=1S/C11H23N3O2/c1-6-14(7-2)11(16)9(4)13-10(15)8(3)12-5/h8-9,12H,6-7H2,1-5H3,(H,13,15). The van der Waals surface area contributed by atoms with Crippen molar-refractivity contribution in [3.8, 4) is 0 Å². The van der Waals surface area contributed by atoms with Gasteiger partial charge in [-0.3, -0.25) is 9.59 Å². The maximum absolute atomic E-state index is 11.8. The Morgan fingerprint density at radius 1 is 1.12 bits per heavy atom. The minimum atomic E-state index is -0.469. The summed E-state index contributed by atoms with van der Waals surface area (Å²) in [5.74, 6) is -0.197. The number of hydrogen-bond donors (Lipinski definition) is 2. The van der Waals surface area contributed by atoms with Crippen LogP contribution < -0.4 is 10.6 Å². The average Bonchev–Trinajstić information content (AvgIpc) is 2.29. The monoisotopic (exact) mass is 229 g/mol. The molecular weight excluding hydrogens is 206 g/mol. The molecule has 0 saturated heterocycles. The zero-order valence-corrected chi connectivity index (χ0v) is 10.8. The molecule has 0 bridgehead atoms. The summed E-state index contributed by atoms with van der Waals surface area (Å²) in [6, 6.07) is -0.754. The summed E-state index contributed by atoms with van der Waals surface area (Å²) in [6.45, 7) is 8.64. The Balaban J connectivity index is 4.29. The third-order valence-corrected chi connectivity index (χ3v) is 2.63. The van der Waals surface area contributed by atoms with E-state index in [1.807, 2.05) is 13.8 Å². The van der Waals surface area contributed by atoms with E-state index in [1.165, 1.54) is 0 Å². The van der Waals surface area contributed by atoms with E-state index in [9.17, 15) is 9.59 Å². The van der Waals surface area contributed by atoms with Crippen molar-refractivity contribution < 1.29 is 9.59 Å². The summed E-state index contributed by atoms with van der Waals surface area (Å²) in [7, 11) is 1.71. The van der Waals surface area contributed by atoms with Gasteiger partial charge in [-0.2, -0.15) is 0 Å². The van der Waals surface area contributed by atoms with Gasteiger partial charge in [0.05, 0.1) is 6.04 Å². The summed E-state index contributed by atoms with van der Waals surface area (Å²) >= 11 is 0. The predicted octanol–water partition coefficient (Wildman–Crippen LogP) is -0.0326. The topological polar surface area (TPSA) is 61.4 Å². The second kappa shape index (κ2) is 7.22. The van der Waals surface area contributed by atoms with Crippen LogP contribution in [0.25, 0.3) is 0 Å². The molecule has 0 aliphatic rings. The van der Waals surface area contributed by atoms with Crippen molar-refractivity contribution in [3.05, 3.63) is 0 Å². The third kappa shape index (κ3) is 4.18. The maximum atomic E-state index is 11.8. The second-order valence-corrected chi connectivity index (χ2v) is 3.75. The summed E-state index contributed by atoms with van der Waals surface area (Å²) in [5, 5.41) is 5.52. The van der Waals surface area contributed by atoms with Crippen LogP contribution in [0, 0.1) is 0 Å². The lowest BCUT2D eigenvalue weighted by Gasteiger charge is -2.24. The van der Waals surface area contributed by atoms with Crippen LogP contribution in [0.2, 0.25) is 0 Å². The first-order chi connectivity index (χ1) is 7.47. The first kappa shape index (κ1) is 14.9. The highest BCUT2D eigenvalue weighted by molar-refractivity contribution is 5.89. The van der Waals surface area contributed by atoms with Gasteiger partial charge in [0.2, 0.25) is 11.8 Å². The van der Waals surface area contributed by atoms with Crippen LogP contribution in [0.5, 0.6) is 0 Å². The van der Waals surface area contributed by atoms with Crippen molar-refractivity contribution in [2.45, 2.75) is 39.8 Å². The number of nitrogens with one attached hydrogen (secondary N) is 2. The normalized spacial score (nSPS) is 14.1. The largest absolute Gasteiger partial charge is 0.343 e. The van der Waals surface area contributed by atoms with E-state index in [2.05, 4.69) is 10.6 Å². The first-order valence-electron chi connectivity index (χ1n) is 5.74. The van der Waals surface area contributed by atoms with E-state index < -0.39 is 6.04 Å². The number of hydrogen-bond acceptors (Lipinski definition) is 3. The third-order valence-electron chi connectivity index (χ3n) is 2.63. The van der Waals surface area contributed by atoms with Gasteiger partial charge < -0.3 is 15.5 Å². The number of nitrogens with zero attached hydrogens (tertiary/aromatic N) is 1. The van der Waals surface area contributed by atoms with Crippen molar-refractivity contribution in [2.75, 3.05) is 20.1 Å². The molecule has 0 aromatic carbocycles. The van der Waals surface area contributed by atoms with Gasteiger partial charge in [-0.15, -0.1) is 0 Å². The molecule has 0 aliphatic carbocycles. The zero-order chi connectivity index (χ0) is 12.7. The molecule has 2 atom stereocenters. The van der Waals surface area contributed by atoms with E-state index in [0.717, 1.165) is 0 Å². The van der Waals surface area contributed by atoms with Crippen LogP contribution in [0.3, 0.4) is 0 Å². The number of carbonyl (C=O) groups excluding carboxylic acids is 2. The molecule has 0 aromatic rings. The quantitative estimate of drug-likeness (QED) is 0.672. The minimum absolute atomic E-state index is 0.0401. The van der Waals surface area contributed by atoms with Gasteiger partial charge >= 0.3 is 0 Å².